The first-order chi connectivity index (χ1) is 9.08. The maximum Gasteiger partial charge on any atom is 0.250 e. The summed E-state index contributed by atoms with van der Waals surface area (Å²) in [6.07, 6.45) is 3.34. The van der Waals surface area contributed by atoms with Crippen LogP contribution in [-0.2, 0) is 4.79 Å². The monoisotopic (exact) mass is 261 g/mol. The number of carbonyl (C=O) groups is 2. The molecule has 5 nitrogen and oxygen atoms in total. The maximum absolute atomic E-state index is 12.1. The third-order valence-corrected chi connectivity index (χ3v) is 3.59. The number of para-hydroxylation sites is 1. The van der Waals surface area contributed by atoms with Gasteiger partial charge in [-0.1, -0.05) is 12.1 Å². The first-order valence-electron chi connectivity index (χ1n) is 6.53. The largest absolute Gasteiger partial charge is 0.366 e. The van der Waals surface area contributed by atoms with E-state index in [9.17, 15) is 9.59 Å². The second-order valence-electron chi connectivity index (χ2n) is 5.01. The average Bonchev–Trinajstić information content (AvgIpc) is 2.39. The Morgan fingerprint density at radius 3 is 2.37 bits per heavy atom. The molecule has 1 aliphatic rings. The molecule has 102 valence electrons. The van der Waals surface area contributed by atoms with Crippen molar-refractivity contribution < 1.29 is 9.59 Å². The molecule has 1 saturated carbocycles. The summed E-state index contributed by atoms with van der Waals surface area (Å²) in [5.74, 6) is -0.622. The van der Waals surface area contributed by atoms with Crippen molar-refractivity contribution in [3.8, 4) is 0 Å². The standard InChI is InChI=1S/C14H19N3O2/c15-10-7-5-9(6-8-10)14(19)17-12-4-2-1-3-11(12)13(16)18/h1-4,9-10H,5-8,15H2,(H2,16,18)(H,17,19). The van der Waals surface area contributed by atoms with E-state index in [4.69, 9.17) is 11.5 Å². The van der Waals surface area contributed by atoms with Crippen LogP contribution in [0, 0.1) is 5.92 Å². The highest BCUT2D eigenvalue weighted by Gasteiger charge is 2.25. The predicted octanol–water partition coefficient (Wildman–Crippen LogP) is 1.24. The Hall–Kier alpha value is -1.88. The van der Waals surface area contributed by atoms with Crippen LogP contribution in [0.15, 0.2) is 24.3 Å². The number of rotatable bonds is 3. The normalized spacial score (nSPS) is 22.8. The van der Waals surface area contributed by atoms with Gasteiger partial charge in [0.2, 0.25) is 5.91 Å². The Balaban J connectivity index is 2.05. The van der Waals surface area contributed by atoms with E-state index in [2.05, 4.69) is 5.32 Å². The van der Waals surface area contributed by atoms with Gasteiger partial charge < -0.3 is 16.8 Å². The van der Waals surface area contributed by atoms with E-state index in [-0.39, 0.29) is 17.9 Å². The van der Waals surface area contributed by atoms with Crippen molar-refractivity contribution in [1.29, 1.82) is 0 Å². The number of nitrogens with two attached hydrogens (primary N) is 2. The number of hydrogen-bond acceptors (Lipinski definition) is 3. The molecule has 1 aliphatic carbocycles. The van der Waals surface area contributed by atoms with Gasteiger partial charge in [-0.25, -0.2) is 0 Å². The zero-order valence-corrected chi connectivity index (χ0v) is 10.8. The highest BCUT2D eigenvalue weighted by molar-refractivity contribution is 6.03. The van der Waals surface area contributed by atoms with E-state index >= 15 is 0 Å². The molecular formula is C14H19N3O2. The lowest BCUT2D eigenvalue weighted by atomic mass is 9.86. The van der Waals surface area contributed by atoms with E-state index in [1.165, 1.54) is 0 Å². The van der Waals surface area contributed by atoms with Crippen molar-refractivity contribution in [2.45, 2.75) is 31.7 Å². The Bertz CT molecular complexity index is 479. The third-order valence-electron chi connectivity index (χ3n) is 3.59. The van der Waals surface area contributed by atoms with Crippen LogP contribution < -0.4 is 16.8 Å². The lowest BCUT2D eigenvalue weighted by molar-refractivity contribution is -0.120. The van der Waals surface area contributed by atoms with Crippen molar-refractivity contribution in [2.24, 2.45) is 17.4 Å². The molecule has 0 atom stereocenters. The predicted molar refractivity (Wildman–Crippen MR) is 73.5 cm³/mol. The molecule has 0 aromatic heterocycles. The molecule has 2 amide bonds. The number of nitrogens with one attached hydrogen (secondary N) is 1. The lowest BCUT2D eigenvalue weighted by Crippen LogP contribution is -2.32. The summed E-state index contributed by atoms with van der Waals surface area (Å²) in [4.78, 5) is 23.4. The zero-order chi connectivity index (χ0) is 13.8. The first kappa shape index (κ1) is 13.5. The molecule has 19 heavy (non-hydrogen) atoms. The molecule has 1 fully saturated rings. The first-order valence-corrected chi connectivity index (χ1v) is 6.53. The Morgan fingerprint density at radius 1 is 1.11 bits per heavy atom. The van der Waals surface area contributed by atoms with Gasteiger partial charge in [0.15, 0.2) is 0 Å². The van der Waals surface area contributed by atoms with E-state index in [1.807, 2.05) is 0 Å². The molecule has 0 radical (unpaired) electrons. The summed E-state index contributed by atoms with van der Waals surface area (Å²) in [5, 5.41) is 2.80. The Morgan fingerprint density at radius 2 is 1.74 bits per heavy atom. The summed E-state index contributed by atoms with van der Waals surface area (Å²) in [6, 6.07) is 6.98. The topological polar surface area (TPSA) is 98.2 Å². The SMILES string of the molecule is NC(=O)c1ccccc1NC(=O)C1CCC(N)CC1. The third kappa shape index (κ3) is 3.32. The van der Waals surface area contributed by atoms with Crippen LogP contribution in [0.25, 0.3) is 0 Å². The maximum atomic E-state index is 12.1. The number of amides is 2. The van der Waals surface area contributed by atoms with Crippen LogP contribution >= 0.6 is 0 Å². The minimum absolute atomic E-state index is 0.0271. The molecule has 0 heterocycles. The summed E-state index contributed by atoms with van der Waals surface area (Å²) in [5.41, 5.74) is 11.9. The second-order valence-corrected chi connectivity index (χ2v) is 5.01. The van der Waals surface area contributed by atoms with Gasteiger partial charge in [-0.2, -0.15) is 0 Å². The summed E-state index contributed by atoms with van der Waals surface area (Å²) < 4.78 is 0. The number of primary amides is 1. The fraction of sp³-hybridized carbons (Fsp3) is 0.429. The van der Waals surface area contributed by atoms with Crippen molar-refractivity contribution in [2.75, 3.05) is 5.32 Å². The molecule has 0 unspecified atom stereocenters. The second kappa shape index (κ2) is 5.84. The van der Waals surface area contributed by atoms with Gasteiger partial charge in [0.25, 0.3) is 5.91 Å². The molecular weight excluding hydrogens is 242 g/mol. The van der Waals surface area contributed by atoms with E-state index in [0.717, 1.165) is 25.7 Å². The molecule has 5 N–H and O–H groups in total. The van der Waals surface area contributed by atoms with Crippen molar-refractivity contribution in [3.63, 3.8) is 0 Å². The molecule has 0 saturated heterocycles. The van der Waals surface area contributed by atoms with Gasteiger partial charge >= 0.3 is 0 Å². The van der Waals surface area contributed by atoms with Gasteiger partial charge in [-0.3, -0.25) is 9.59 Å². The van der Waals surface area contributed by atoms with Gasteiger partial charge in [0, 0.05) is 12.0 Å². The average molecular weight is 261 g/mol. The van der Waals surface area contributed by atoms with Crippen LogP contribution in [0.3, 0.4) is 0 Å². The van der Waals surface area contributed by atoms with E-state index in [1.54, 1.807) is 24.3 Å². The van der Waals surface area contributed by atoms with Crippen LogP contribution in [0.2, 0.25) is 0 Å². The molecule has 5 heteroatoms. The van der Waals surface area contributed by atoms with Crippen LogP contribution in [-0.4, -0.2) is 17.9 Å². The van der Waals surface area contributed by atoms with Crippen molar-refractivity contribution >= 4 is 17.5 Å². The molecule has 0 spiro atoms. The lowest BCUT2D eigenvalue weighted by Gasteiger charge is -2.25. The van der Waals surface area contributed by atoms with Gasteiger partial charge in [0.05, 0.1) is 11.3 Å². The van der Waals surface area contributed by atoms with Gasteiger partial charge in [-0.05, 0) is 37.8 Å². The van der Waals surface area contributed by atoms with Crippen molar-refractivity contribution in [3.05, 3.63) is 29.8 Å². The quantitative estimate of drug-likeness (QED) is 0.763. The zero-order valence-electron chi connectivity index (χ0n) is 10.8. The minimum atomic E-state index is -0.540. The molecule has 1 aromatic rings. The molecule has 0 aliphatic heterocycles. The smallest absolute Gasteiger partial charge is 0.250 e. The number of benzene rings is 1. The summed E-state index contributed by atoms with van der Waals surface area (Å²) in [7, 11) is 0. The molecule has 0 bridgehead atoms. The van der Waals surface area contributed by atoms with Crippen molar-refractivity contribution in [1.82, 2.24) is 0 Å². The number of carbonyl (C=O) groups excluding carboxylic acids is 2. The molecule has 1 aromatic carbocycles. The van der Waals surface area contributed by atoms with Gasteiger partial charge in [-0.15, -0.1) is 0 Å². The highest BCUT2D eigenvalue weighted by Crippen LogP contribution is 2.25. The van der Waals surface area contributed by atoms with E-state index < -0.39 is 5.91 Å². The van der Waals surface area contributed by atoms with Crippen LogP contribution in [0.5, 0.6) is 0 Å². The van der Waals surface area contributed by atoms with Gasteiger partial charge in [0.1, 0.15) is 0 Å². The highest BCUT2D eigenvalue weighted by atomic mass is 16.2. The molecule has 2 rings (SSSR count). The van der Waals surface area contributed by atoms with Crippen LogP contribution in [0.1, 0.15) is 36.0 Å². The fourth-order valence-corrected chi connectivity index (χ4v) is 2.42. The summed E-state index contributed by atoms with van der Waals surface area (Å²) in [6.45, 7) is 0. The van der Waals surface area contributed by atoms with Crippen LogP contribution in [0.4, 0.5) is 5.69 Å². The minimum Gasteiger partial charge on any atom is -0.366 e. The number of anilines is 1. The van der Waals surface area contributed by atoms with E-state index in [0.29, 0.717) is 11.3 Å². The summed E-state index contributed by atoms with van der Waals surface area (Å²) >= 11 is 0. The number of hydrogen-bond donors (Lipinski definition) is 3. The Kier molecular flexibility index (Phi) is 4.16. The Labute approximate surface area is 112 Å². The fourth-order valence-electron chi connectivity index (χ4n) is 2.42.